The zero-order chi connectivity index (χ0) is 22.9. The van der Waals surface area contributed by atoms with Gasteiger partial charge in [0.2, 0.25) is 0 Å². The highest BCUT2D eigenvalue weighted by atomic mass is 16.5. The summed E-state index contributed by atoms with van der Waals surface area (Å²) in [7, 11) is 1.52. The van der Waals surface area contributed by atoms with Gasteiger partial charge < -0.3 is 9.47 Å². The van der Waals surface area contributed by atoms with Crippen LogP contribution in [0.25, 0.3) is 0 Å². The molecule has 2 N–H and O–H groups in total. The fourth-order valence-corrected chi connectivity index (χ4v) is 2.79. The lowest BCUT2D eigenvalue weighted by Gasteiger charge is -2.10. The minimum atomic E-state index is -0.841. The van der Waals surface area contributed by atoms with Gasteiger partial charge in [0.1, 0.15) is 5.75 Å². The summed E-state index contributed by atoms with van der Waals surface area (Å²) >= 11 is 0. The standard InChI is InChI=1S/C24H20N2O6/c1-31-18-13-11-16(12-14-18)22(28)19-9-5-6-10-20(19)24(30)32-15-21(27)25-26-23(29)17-7-3-2-4-8-17/h2-14H,15H2,1H3,(H,25,27)(H,26,29). The van der Waals surface area contributed by atoms with Crippen LogP contribution < -0.4 is 15.6 Å². The van der Waals surface area contributed by atoms with E-state index in [-0.39, 0.29) is 16.9 Å². The highest BCUT2D eigenvalue weighted by Gasteiger charge is 2.20. The first-order valence-corrected chi connectivity index (χ1v) is 9.58. The number of hydrogen-bond acceptors (Lipinski definition) is 6. The summed E-state index contributed by atoms with van der Waals surface area (Å²) in [4.78, 5) is 49.2. The van der Waals surface area contributed by atoms with E-state index in [0.717, 1.165) is 0 Å². The molecule has 3 aromatic rings. The van der Waals surface area contributed by atoms with Crippen LogP contribution in [0.1, 0.15) is 36.6 Å². The Morgan fingerprint density at radius 1 is 0.719 bits per heavy atom. The van der Waals surface area contributed by atoms with Crippen molar-refractivity contribution < 1.29 is 28.7 Å². The molecule has 0 saturated heterocycles. The van der Waals surface area contributed by atoms with E-state index in [4.69, 9.17) is 9.47 Å². The van der Waals surface area contributed by atoms with Crippen LogP contribution in [0.4, 0.5) is 0 Å². The second-order valence-electron chi connectivity index (χ2n) is 6.55. The van der Waals surface area contributed by atoms with E-state index in [1.54, 1.807) is 66.7 Å². The maximum absolute atomic E-state index is 12.8. The molecule has 0 unspecified atom stereocenters. The highest BCUT2D eigenvalue weighted by Crippen LogP contribution is 2.18. The molecule has 0 heterocycles. The Hall–Kier alpha value is -4.46. The van der Waals surface area contributed by atoms with Gasteiger partial charge in [0, 0.05) is 16.7 Å². The van der Waals surface area contributed by atoms with Gasteiger partial charge >= 0.3 is 5.97 Å². The monoisotopic (exact) mass is 432 g/mol. The number of methoxy groups -OCH3 is 1. The predicted octanol–water partition coefficient (Wildman–Crippen LogP) is 2.54. The van der Waals surface area contributed by atoms with Crippen molar-refractivity contribution >= 4 is 23.6 Å². The number of carbonyl (C=O) groups is 4. The summed E-state index contributed by atoms with van der Waals surface area (Å²) in [5, 5.41) is 0. The Kier molecular flexibility index (Phi) is 7.32. The van der Waals surface area contributed by atoms with Gasteiger partial charge in [0.15, 0.2) is 12.4 Å². The number of esters is 1. The van der Waals surface area contributed by atoms with E-state index in [1.807, 2.05) is 0 Å². The zero-order valence-corrected chi connectivity index (χ0v) is 17.2. The maximum Gasteiger partial charge on any atom is 0.339 e. The van der Waals surface area contributed by atoms with E-state index >= 15 is 0 Å². The topological polar surface area (TPSA) is 111 Å². The summed E-state index contributed by atoms with van der Waals surface area (Å²) in [6.45, 7) is -0.640. The lowest BCUT2D eigenvalue weighted by atomic mass is 9.98. The minimum Gasteiger partial charge on any atom is -0.497 e. The first kappa shape index (κ1) is 22.2. The molecule has 0 spiro atoms. The molecule has 3 rings (SSSR count). The second kappa shape index (κ2) is 10.5. The van der Waals surface area contributed by atoms with Crippen LogP contribution in [0, 0.1) is 0 Å². The Morgan fingerprint density at radius 3 is 2.00 bits per heavy atom. The number of nitrogens with one attached hydrogen (secondary N) is 2. The Bertz CT molecular complexity index is 1130. The summed E-state index contributed by atoms with van der Waals surface area (Å²) in [6.07, 6.45) is 0. The quantitative estimate of drug-likeness (QED) is 0.337. The minimum absolute atomic E-state index is 0.0226. The molecule has 32 heavy (non-hydrogen) atoms. The molecule has 0 atom stereocenters. The summed E-state index contributed by atoms with van der Waals surface area (Å²) in [5.41, 5.74) is 5.28. The third kappa shape index (κ3) is 5.57. The average molecular weight is 432 g/mol. The third-order valence-electron chi connectivity index (χ3n) is 4.43. The zero-order valence-electron chi connectivity index (χ0n) is 17.2. The van der Waals surface area contributed by atoms with Crippen molar-refractivity contribution in [3.8, 4) is 5.75 Å². The predicted molar refractivity (Wildman–Crippen MR) is 115 cm³/mol. The molecule has 0 aliphatic rings. The number of ether oxygens (including phenoxy) is 2. The van der Waals surface area contributed by atoms with Gasteiger partial charge in [-0.1, -0.05) is 36.4 Å². The first-order valence-electron chi connectivity index (χ1n) is 9.58. The summed E-state index contributed by atoms with van der Waals surface area (Å²) in [6, 6.07) is 20.9. The summed E-state index contributed by atoms with van der Waals surface area (Å²) in [5.74, 6) is -1.87. The smallest absolute Gasteiger partial charge is 0.339 e. The highest BCUT2D eigenvalue weighted by molar-refractivity contribution is 6.14. The van der Waals surface area contributed by atoms with Crippen molar-refractivity contribution in [2.45, 2.75) is 0 Å². The lowest BCUT2D eigenvalue weighted by Crippen LogP contribution is -2.43. The lowest BCUT2D eigenvalue weighted by molar-refractivity contribution is -0.125. The SMILES string of the molecule is COc1ccc(C(=O)c2ccccc2C(=O)OCC(=O)NNC(=O)c2ccccc2)cc1. The number of amides is 2. The van der Waals surface area contributed by atoms with Gasteiger partial charge in [-0.2, -0.15) is 0 Å². The Balaban J connectivity index is 1.60. The Morgan fingerprint density at radius 2 is 1.34 bits per heavy atom. The molecule has 0 saturated carbocycles. The van der Waals surface area contributed by atoms with Crippen LogP contribution in [0.5, 0.6) is 5.75 Å². The molecule has 0 radical (unpaired) electrons. The molecular weight excluding hydrogens is 412 g/mol. The van der Waals surface area contributed by atoms with Crippen LogP contribution in [-0.4, -0.2) is 37.3 Å². The number of hydrazine groups is 1. The van der Waals surface area contributed by atoms with Crippen molar-refractivity contribution in [2.24, 2.45) is 0 Å². The van der Waals surface area contributed by atoms with Crippen molar-refractivity contribution in [3.05, 3.63) is 101 Å². The average Bonchev–Trinajstić information content (AvgIpc) is 2.85. The largest absolute Gasteiger partial charge is 0.497 e. The first-order chi connectivity index (χ1) is 15.5. The van der Waals surface area contributed by atoms with Crippen molar-refractivity contribution in [1.82, 2.24) is 10.9 Å². The molecule has 0 aliphatic heterocycles. The molecule has 0 bridgehead atoms. The molecule has 3 aromatic carbocycles. The van der Waals surface area contributed by atoms with E-state index in [2.05, 4.69) is 10.9 Å². The summed E-state index contributed by atoms with van der Waals surface area (Å²) < 4.78 is 10.1. The molecule has 0 fully saturated rings. The van der Waals surface area contributed by atoms with E-state index in [1.165, 1.54) is 19.2 Å². The molecule has 0 aromatic heterocycles. The van der Waals surface area contributed by atoms with Crippen molar-refractivity contribution in [1.29, 1.82) is 0 Å². The fraction of sp³-hybridized carbons (Fsp3) is 0.0833. The second-order valence-corrected chi connectivity index (χ2v) is 6.55. The molecule has 8 heteroatoms. The van der Waals surface area contributed by atoms with E-state index in [9.17, 15) is 19.2 Å². The molecular formula is C24H20N2O6. The van der Waals surface area contributed by atoms with Gasteiger partial charge in [-0.15, -0.1) is 0 Å². The Labute approximate surface area is 184 Å². The van der Waals surface area contributed by atoms with Gasteiger partial charge in [-0.3, -0.25) is 25.2 Å². The van der Waals surface area contributed by atoms with Crippen LogP contribution >= 0.6 is 0 Å². The van der Waals surface area contributed by atoms with Crippen LogP contribution in [0.2, 0.25) is 0 Å². The van der Waals surface area contributed by atoms with Crippen LogP contribution in [0.15, 0.2) is 78.9 Å². The van der Waals surface area contributed by atoms with Crippen LogP contribution in [0.3, 0.4) is 0 Å². The number of carbonyl (C=O) groups excluding carboxylic acids is 4. The number of benzene rings is 3. The van der Waals surface area contributed by atoms with E-state index in [0.29, 0.717) is 16.9 Å². The molecule has 0 aliphatic carbocycles. The number of ketones is 1. The van der Waals surface area contributed by atoms with Crippen molar-refractivity contribution in [2.75, 3.05) is 13.7 Å². The number of rotatable bonds is 7. The van der Waals surface area contributed by atoms with Gasteiger partial charge in [-0.25, -0.2) is 4.79 Å². The number of hydrogen-bond donors (Lipinski definition) is 2. The van der Waals surface area contributed by atoms with Gasteiger partial charge in [0.25, 0.3) is 11.8 Å². The maximum atomic E-state index is 12.8. The molecule has 2 amide bonds. The molecule has 8 nitrogen and oxygen atoms in total. The third-order valence-corrected chi connectivity index (χ3v) is 4.43. The normalized spacial score (nSPS) is 10.0. The molecule has 162 valence electrons. The van der Waals surface area contributed by atoms with Gasteiger partial charge in [0.05, 0.1) is 12.7 Å². The van der Waals surface area contributed by atoms with E-state index < -0.39 is 24.4 Å². The van der Waals surface area contributed by atoms with Crippen LogP contribution in [-0.2, 0) is 9.53 Å². The van der Waals surface area contributed by atoms with Gasteiger partial charge in [-0.05, 0) is 42.5 Å². The van der Waals surface area contributed by atoms with Crippen molar-refractivity contribution in [3.63, 3.8) is 0 Å². The fourth-order valence-electron chi connectivity index (χ4n) is 2.79.